The van der Waals surface area contributed by atoms with Gasteiger partial charge in [-0.3, -0.25) is 28.6 Å². The van der Waals surface area contributed by atoms with Gasteiger partial charge in [0.1, 0.15) is 17.3 Å². The van der Waals surface area contributed by atoms with Gasteiger partial charge in [-0.15, -0.1) is 0 Å². The molecule has 0 atom stereocenters. The Hall–Kier alpha value is -6.49. The van der Waals surface area contributed by atoms with Crippen molar-refractivity contribution >= 4 is 51.8 Å². The highest BCUT2D eigenvalue weighted by Crippen LogP contribution is 2.32. The van der Waals surface area contributed by atoms with E-state index >= 15 is 0 Å². The number of Topliss-reactive ketones (excluding diaryl/α,β-unsaturated/α-hetero) is 1. The Kier molecular flexibility index (Phi) is 14.6. The predicted molar refractivity (Wildman–Crippen MR) is 240 cm³/mol. The van der Waals surface area contributed by atoms with Crippen LogP contribution in [-0.4, -0.2) is 107 Å². The van der Waals surface area contributed by atoms with Crippen molar-refractivity contribution in [2.75, 3.05) is 75.4 Å². The number of nitrogens with one attached hydrogen (secondary N) is 4. The Morgan fingerprint density at radius 1 is 0.934 bits per heavy atom. The van der Waals surface area contributed by atoms with Crippen molar-refractivity contribution in [3.05, 3.63) is 99.1 Å². The van der Waals surface area contributed by atoms with E-state index in [2.05, 4.69) is 41.0 Å². The molecule has 324 valence electrons. The Morgan fingerprint density at radius 2 is 1.67 bits per heavy atom. The van der Waals surface area contributed by atoms with Crippen LogP contribution in [0.15, 0.2) is 71.3 Å². The summed E-state index contributed by atoms with van der Waals surface area (Å²) in [6.45, 7) is 9.69. The van der Waals surface area contributed by atoms with Gasteiger partial charge < -0.3 is 42.5 Å². The molecular formula is C44H59N13O4. The molecule has 4 aromatic rings. The van der Waals surface area contributed by atoms with E-state index in [-0.39, 0.29) is 40.6 Å². The molecule has 2 amide bonds. The fourth-order valence-electron chi connectivity index (χ4n) is 7.76. The number of pyridine rings is 2. The summed E-state index contributed by atoms with van der Waals surface area (Å²) in [5, 5.41) is 13.0. The fraction of sp³-hybridized carbons (Fsp3) is 0.432. The number of allylic oxidation sites excluding steroid dienone is 2. The van der Waals surface area contributed by atoms with Crippen molar-refractivity contribution in [2.45, 2.75) is 65.3 Å². The summed E-state index contributed by atoms with van der Waals surface area (Å²) in [7, 11) is 3.63. The second-order valence-corrected chi connectivity index (χ2v) is 16.0. The number of anilines is 4. The van der Waals surface area contributed by atoms with Gasteiger partial charge in [-0.2, -0.15) is 4.98 Å². The molecule has 17 nitrogen and oxygen atoms in total. The van der Waals surface area contributed by atoms with Crippen molar-refractivity contribution in [2.24, 2.45) is 11.5 Å². The van der Waals surface area contributed by atoms with Gasteiger partial charge in [0, 0.05) is 76.7 Å². The number of amides is 2. The largest absolute Gasteiger partial charge is 0.385 e. The third kappa shape index (κ3) is 11.2. The highest BCUT2D eigenvalue weighted by Gasteiger charge is 2.26. The fourth-order valence-corrected chi connectivity index (χ4v) is 7.76. The van der Waals surface area contributed by atoms with Crippen LogP contribution in [-0.2, 0) is 4.79 Å². The summed E-state index contributed by atoms with van der Waals surface area (Å²) in [6.07, 6.45) is 12.1. The minimum absolute atomic E-state index is 0.000938. The number of nitrogens with zero attached hydrogens (tertiary/aromatic N) is 7. The zero-order valence-electron chi connectivity index (χ0n) is 35.9. The van der Waals surface area contributed by atoms with Crippen molar-refractivity contribution in [3.63, 3.8) is 0 Å². The SMILES string of the molecule is CC(=O)c1c(C)c2cnc(Nc3ccc(N4CCN(CC(=O)NCCCCNc5cc(C)ccc5C(=O)N/C(N)=C/C=C(\N)N(C)C)CC4)cn3)nc2n(C2CCCC2)c1=O. The summed E-state index contributed by atoms with van der Waals surface area (Å²) < 4.78 is 1.70. The van der Waals surface area contributed by atoms with Crippen LogP contribution in [0.1, 0.15) is 83.3 Å². The molecule has 6 rings (SSSR count). The van der Waals surface area contributed by atoms with Crippen molar-refractivity contribution in [1.82, 2.24) is 40.0 Å². The minimum Gasteiger partial charge on any atom is -0.385 e. The predicted octanol–water partition coefficient (Wildman–Crippen LogP) is 3.89. The van der Waals surface area contributed by atoms with E-state index in [0.29, 0.717) is 65.1 Å². The molecule has 1 aliphatic carbocycles. The quantitative estimate of drug-likeness (QED) is 0.0505. The molecule has 1 saturated carbocycles. The maximum absolute atomic E-state index is 13.6. The van der Waals surface area contributed by atoms with Crippen LogP contribution >= 0.6 is 0 Å². The first-order chi connectivity index (χ1) is 29.3. The molecule has 17 heteroatoms. The van der Waals surface area contributed by atoms with Crippen molar-refractivity contribution in [1.29, 1.82) is 0 Å². The zero-order valence-corrected chi connectivity index (χ0v) is 35.9. The standard InChI is InChI=1S/C44H59N13O4/c1-28-12-14-33(42(60)51-36(45)15-16-37(46)54(4)5)35(24-28)47-18-8-9-19-48-39(59)27-55-20-22-56(23-21-55)32-13-17-38(49-25-32)52-44-50-26-34-29(2)40(30(3)58)43(61)57(41(34)53-44)31-10-6-7-11-31/h12-17,24-26,31,47H,6-11,18-23,27,45-46H2,1-5H3,(H,48,59)(H,51,60)(H,49,50,52,53)/b36-15+,37-16+. The number of unbranched alkanes of at least 4 members (excludes halogenated alkanes) is 1. The lowest BCUT2D eigenvalue weighted by atomic mass is 10.0. The number of hydrogen-bond donors (Lipinski definition) is 6. The molecule has 8 N–H and O–H groups in total. The average molecular weight is 834 g/mol. The summed E-state index contributed by atoms with van der Waals surface area (Å²) in [6, 6.07) is 9.45. The number of rotatable bonds is 17. The van der Waals surface area contributed by atoms with Gasteiger partial charge in [0.05, 0.1) is 35.4 Å². The second-order valence-electron chi connectivity index (χ2n) is 16.0. The Bertz CT molecular complexity index is 2340. The van der Waals surface area contributed by atoms with Crippen LogP contribution in [0, 0.1) is 13.8 Å². The second kappa shape index (κ2) is 20.2. The number of aromatic nitrogens is 4. The number of nitrogens with two attached hydrogens (primary N) is 2. The first-order valence-corrected chi connectivity index (χ1v) is 20.9. The van der Waals surface area contributed by atoms with E-state index in [1.807, 2.05) is 51.5 Å². The zero-order chi connectivity index (χ0) is 43.6. The molecular weight excluding hydrogens is 775 g/mol. The lowest BCUT2D eigenvalue weighted by molar-refractivity contribution is -0.122. The van der Waals surface area contributed by atoms with Gasteiger partial charge in [-0.1, -0.05) is 18.9 Å². The van der Waals surface area contributed by atoms with Crippen molar-refractivity contribution in [3.8, 4) is 0 Å². The minimum atomic E-state index is -0.326. The molecule has 3 aromatic heterocycles. The lowest BCUT2D eigenvalue weighted by Crippen LogP contribution is -2.49. The molecule has 4 heterocycles. The molecule has 0 spiro atoms. The molecule has 2 aliphatic rings. The molecule has 1 saturated heterocycles. The number of aryl methyl sites for hydroxylation is 2. The average Bonchev–Trinajstić information content (AvgIpc) is 3.76. The monoisotopic (exact) mass is 833 g/mol. The summed E-state index contributed by atoms with van der Waals surface area (Å²) in [5.41, 5.74) is 16.1. The van der Waals surface area contributed by atoms with E-state index in [4.69, 9.17) is 16.5 Å². The number of ketones is 1. The number of benzene rings is 1. The molecule has 1 aromatic carbocycles. The van der Waals surface area contributed by atoms with E-state index in [9.17, 15) is 19.2 Å². The number of carbonyl (C=O) groups is 3. The Labute approximate surface area is 356 Å². The third-order valence-corrected chi connectivity index (χ3v) is 11.2. The molecule has 0 unspecified atom stereocenters. The summed E-state index contributed by atoms with van der Waals surface area (Å²) in [5.74, 6) is 0.998. The van der Waals surface area contributed by atoms with Gasteiger partial charge >= 0.3 is 0 Å². The third-order valence-electron chi connectivity index (χ3n) is 11.2. The Balaban J connectivity index is 0.927. The smallest absolute Gasteiger partial charge is 0.263 e. The molecule has 1 aliphatic heterocycles. The Morgan fingerprint density at radius 3 is 2.36 bits per heavy atom. The van der Waals surface area contributed by atoms with E-state index in [1.165, 1.54) is 6.92 Å². The van der Waals surface area contributed by atoms with Gasteiger partial charge in [0.15, 0.2) is 5.78 Å². The van der Waals surface area contributed by atoms with Gasteiger partial charge in [-0.05, 0) is 94.0 Å². The molecule has 0 bridgehead atoms. The maximum Gasteiger partial charge on any atom is 0.263 e. The highest BCUT2D eigenvalue weighted by atomic mass is 16.2. The van der Waals surface area contributed by atoms with Crippen LogP contribution in [0.25, 0.3) is 11.0 Å². The van der Waals surface area contributed by atoms with Gasteiger partial charge in [0.25, 0.3) is 11.5 Å². The number of carbonyl (C=O) groups excluding carboxylic acids is 3. The molecule has 61 heavy (non-hydrogen) atoms. The van der Waals surface area contributed by atoms with E-state index < -0.39 is 0 Å². The maximum atomic E-state index is 13.6. The first-order valence-electron chi connectivity index (χ1n) is 20.9. The van der Waals surface area contributed by atoms with Gasteiger partial charge in [-0.25, -0.2) is 9.97 Å². The van der Waals surface area contributed by atoms with Crippen LogP contribution in [0.2, 0.25) is 0 Å². The number of piperazine rings is 1. The van der Waals surface area contributed by atoms with Crippen LogP contribution in [0.3, 0.4) is 0 Å². The summed E-state index contributed by atoms with van der Waals surface area (Å²) in [4.78, 5) is 71.8. The lowest BCUT2D eigenvalue weighted by Gasteiger charge is -2.35. The van der Waals surface area contributed by atoms with Crippen LogP contribution in [0.4, 0.5) is 23.1 Å². The molecule has 0 radical (unpaired) electrons. The number of fused-ring (bicyclic) bond motifs is 1. The van der Waals surface area contributed by atoms with Crippen molar-refractivity contribution < 1.29 is 14.4 Å². The van der Waals surface area contributed by atoms with E-state index in [1.54, 1.807) is 40.8 Å². The highest BCUT2D eigenvalue weighted by molar-refractivity contribution is 6.01. The van der Waals surface area contributed by atoms with Crippen LogP contribution < -0.4 is 43.2 Å². The van der Waals surface area contributed by atoms with Gasteiger partial charge in [0.2, 0.25) is 11.9 Å². The summed E-state index contributed by atoms with van der Waals surface area (Å²) >= 11 is 0. The normalized spacial score (nSPS) is 15.2. The number of hydrogen-bond acceptors (Lipinski definition) is 14. The van der Waals surface area contributed by atoms with Crippen LogP contribution in [0.5, 0.6) is 0 Å². The molecule has 2 fully saturated rings. The first kappa shape index (κ1) is 44.1. The topological polar surface area (TPSA) is 222 Å². The van der Waals surface area contributed by atoms with E-state index in [0.717, 1.165) is 76.0 Å².